The van der Waals surface area contributed by atoms with Crippen molar-refractivity contribution < 1.29 is 4.79 Å². The van der Waals surface area contributed by atoms with Crippen molar-refractivity contribution in [1.29, 1.82) is 0 Å². The van der Waals surface area contributed by atoms with Crippen molar-refractivity contribution in [1.82, 2.24) is 4.90 Å². The van der Waals surface area contributed by atoms with Crippen LogP contribution in [-0.4, -0.2) is 37.0 Å². The van der Waals surface area contributed by atoms with Crippen LogP contribution in [0.1, 0.15) is 39.5 Å². The van der Waals surface area contributed by atoms with Crippen LogP contribution in [0.15, 0.2) is 0 Å². The van der Waals surface area contributed by atoms with E-state index in [1.807, 2.05) is 0 Å². The first-order valence-electron chi connectivity index (χ1n) is 6.66. The van der Waals surface area contributed by atoms with Crippen LogP contribution < -0.4 is 11.5 Å². The summed E-state index contributed by atoms with van der Waals surface area (Å²) in [5.41, 5.74) is 11.3. The Bertz CT molecular complexity index is 253. The summed E-state index contributed by atoms with van der Waals surface area (Å²) >= 11 is 0. The number of nitrogens with zero attached hydrogens (tertiary/aromatic N) is 1. The monoisotopic (exact) mass is 241 g/mol. The molecule has 1 atom stereocenters. The molecule has 4 nitrogen and oxygen atoms in total. The van der Waals surface area contributed by atoms with Crippen molar-refractivity contribution >= 4 is 5.91 Å². The molecular weight excluding hydrogens is 214 g/mol. The lowest BCUT2D eigenvalue weighted by Gasteiger charge is -2.32. The number of piperidine rings is 1. The van der Waals surface area contributed by atoms with E-state index in [9.17, 15) is 4.79 Å². The highest BCUT2D eigenvalue weighted by molar-refractivity contribution is 5.76. The third-order valence-corrected chi connectivity index (χ3v) is 3.79. The van der Waals surface area contributed by atoms with Gasteiger partial charge in [-0.1, -0.05) is 13.8 Å². The largest absolute Gasteiger partial charge is 0.369 e. The summed E-state index contributed by atoms with van der Waals surface area (Å²) in [5.74, 6) is -0.0803. The lowest BCUT2D eigenvalue weighted by molar-refractivity contribution is -0.123. The van der Waals surface area contributed by atoms with Gasteiger partial charge in [0.15, 0.2) is 0 Å². The fourth-order valence-electron chi connectivity index (χ4n) is 2.37. The van der Waals surface area contributed by atoms with Crippen LogP contribution in [0.25, 0.3) is 0 Å². The predicted octanol–water partition coefficient (Wildman–Crippen LogP) is 0.949. The van der Waals surface area contributed by atoms with E-state index >= 15 is 0 Å². The van der Waals surface area contributed by atoms with Crippen molar-refractivity contribution in [3.63, 3.8) is 0 Å². The van der Waals surface area contributed by atoms with Crippen LogP contribution in [0.2, 0.25) is 0 Å². The third-order valence-electron chi connectivity index (χ3n) is 3.79. The molecule has 1 heterocycles. The molecule has 0 spiro atoms. The molecule has 0 aliphatic carbocycles. The Labute approximate surface area is 105 Å². The van der Waals surface area contributed by atoms with Gasteiger partial charge in [-0.3, -0.25) is 4.79 Å². The number of carbonyl (C=O) groups excluding carboxylic acids is 1. The van der Waals surface area contributed by atoms with Gasteiger partial charge in [0.1, 0.15) is 0 Å². The Balaban J connectivity index is 2.25. The lowest BCUT2D eigenvalue weighted by atomic mass is 9.88. The molecule has 0 saturated carbocycles. The maximum Gasteiger partial charge on any atom is 0.221 e. The molecule has 1 unspecified atom stereocenters. The number of rotatable bonds is 6. The summed E-state index contributed by atoms with van der Waals surface area (Å²) in [5, 5.41) is 0. The smallest absolute Gasteiger partial charge is 0.221 e. The van der Waals surface area contributed by atoms with Crippen LogP contribution in [0.5, 0.6) is 0 Å². The van der Waals surface area contributed by atoms with Gasteiger partial charge in [-0.25, -0.2) is 0 Å². The third kappa shape index (κ3) is 5.04. The maximum atomic E-state index is 11.2. The van der Waals surface area contributed by atoms with Crippen molar-refractivity contribution in [2.45, 2.75) is 39.5 Å². The minimum Gasteiger partial charge on any atom is -0.369 e. The molecule has 100 valence electrons. The Hall–Kier alpha value is -0.610. The minimum absolute atomic E-state index is 0.0614. The average molecular weight is 241 g/mol. The normalized spacial score (nSPS) is 22.6. The van der Waals surface area contributed by atoms with Crippen LogP contribution >= 0.6 is 0 Å². The van der Waals surface area contributed by atoms with E-state index in [2.05, 4.69) is 18.7 Å². The first kappa shape index (κ1) is 14.5. The SMILES string of the molecule is CC(C)(CN)CCCN1CCCC(C(N)=O)C1. The van der Waals surface area contributed by atoms with E-state index in [1.165, 1.54) is 0 Å². The molecule has 0 bridgehead atoms. The van der Waals surface area contributed by atoms with E-state index in [0.29, 0.717) is 0 Å². The van der Waals surface area contributed by atoms with Gasteiger partial charge >= 0.3 is 0 Å². The van der Waals surface area contributed by atoms with Gasteiger partial charge in [0.2, 0.25) is 5.91 Å². The Morgan fingerprint density at radius 3 is 2.76 bits per heavy atom. The fraction of sp³-hybridized carbons (Fsp3) is 0.923. The highest BCUT2D eigenvalue weighted by Crippen LogP contribution is 2.22. The molecule has 0 aromatic heterocycles. The summed E-state index contributed by atoms with van der Waals surface area (Å²) < 4.78 is 0. The predicted molar refractivity (Wildman–Crippen MR) is 70.4 cm³/mol. The van der Waals surface area contributed by atoms with E-state index < -0.39 is 0 Å². The topological polar surface area (TPSA) is 72.3 Å². The van der Waals surface area contributed by atoms with E-state index in [1.54, 1.807) is 0 Å². The number of nitrogens with two attached hydrogens (primary N) is 2. The van der Waals surface area contributed by atoms with Gasteiger partial charge < -0.3 is 16.4 Å². The van der Waals surface area contributed by atoms with Gasteiger partial charge in [0.25, 0.3) is 0 Å². The number of likely N-dealkylation sites (tertiary alicyclic amines) is 1. The number of amides is 1. The summed E-state index contributed by atoms with van der Waals surface area (Å²) in [6.45, 7) is 8.15. The molecule has 0 aromatic carbocycles. The second-order valence-corrected chi connectivity index (χ2v) is 6.01. The van der Waals surface area contributed by atoms with E-state index in [4.69, 9.17) is 11.5 Å². The molecule has 0 aromatic rings. The van der Waals surface area contributed by atoms with Crippen molar-refractivity contribution in [3.05, 3.63) is 0 Å². The molecule has 1 fully saturated rings. The van der Waals surface area contributed by atoms with Gasteiger partial charge in [-0.05, 0) is 50.7 Å². The zero-order chi connectivity index (χ0) is 12.9. The second-order valence-electron chi connectivity index (χ2n) is 6.01. The highest BCUT2D eigenvalue weighted by Gasteiger charge is 2.24. The first-order valence-corrected chi connectivity index (χ1v) is 6.66. The summed E-state index contributed by atoms with van der Waals surface area (Å²) in [6, 6.07) is 0. The zero-order valence-electron chi connectivity index (χ0n) is 11.2. The fourth-order valence-corrected chi connectivity index (χ4v) is 2.37. The standard InChI is InChI=1S/C13H27N3O/c1-13(2,10-14)6-4-8-16-7-3-5-11(9-16)12(15)17/h11H,3-10,14H2,1-2H3,(H2,15,17). The quantitative estimate of drug-likeness (QED) is 0.727. The minimum atomic E-state index is -0.142. The Morgan fingerprint density at radius 1 is 1.47 bits per heavy atom. The van der Waals surface area contributed by atoms with E-state index in [-0.39, 0.29) is 17.2 Å². The Kier molecular flexibility index (Phi) is 5.40. The molecule has 1 saturated heterocycles. The Morgan fingerprint density at radius 2 is 2.18 bits per heavy atom. The summed E-state index contributed by atoms with van der Waals surface area (Å²) in [7, 11) is 0. The molecule has 1 aliphatic rings. The highest BCUT2D eigenvalue weighted by atomic mass is 16.1. The van der Waals surface area contributed by atoms with Crippen LogP contribution in [0.4, 0.5) is 0 Å². The van der Waals surface area contributed by atoms with Gasteiger partial charge in [-0.15, -0.1) is 0 Å². The van der Waals surface area contributed by atoms with Crippen LogP contribution in [0.3, 0.4) is 0 Å². The van der Waals surface area contributed by atoms with Gasteiger partial charge in [0, 0.05) is 6.54 Å². The summed E-state index contributed by atoms with van der Waals surface area (Å²) in [4.78, 5) is 13.5. The molecule has 0 radical (unpaired) electrons. The van der Waals surface area contributed by atoms with E-state index in [0.717, 1.165) is 51.9 Å². The van der Waals surface area contributed by atoms with Crippen molar-refractivity contribution in [2.75, 3.05) is 26.2 Å². The molecule has 4 N–H and O–H groups in total. The van der Waals surface area contributed by atoms with Gasteiger partial charge in [0.05, 0.1) is 5.92 Å². The molecule has 1 rings (SSSR count). The van der Waals surface area contributed by atoms with Gasteiger partial charge in [-0.2, -0.15) is 0 Å². The maximum absolute atomic E-state index is 11.2. The number of hydrogen-bond acceptors (Lipinski definition) is 3. The average Bonchev–Trinajstić information content (AvgIpc) is 2.29. The number of carbonyl (C=O) groups is 1. The zero-order valence-corrected chi connectivity index (χ0v) is 11.2. The lowest BCUT2D eigenvalue weighted by Crippen LogP contribution is -2.41. The first-order chi connectivity index (χ1) is 7.94. The van der Waals surface area contributed by atoms with Crippen molar-refractivity contribution in [3.8, 4) is 0 Å². The molecule has 17 heavy (non-hydrogen) atoms. The molecule has 4 heteroatoms. The molecule has 1 amide bonds. The summed E-state index contributed by atoms with van der Waals surface area (Å²) in [6.07, 6.45) is 4.34. The number of hydrogen-bond donors (Lipinski definition) is 2. The number of primary amides is 1. The molecular formula is C13H27N3O. The van der Waals surface area contributed by atoms with Crippen LogP contribution in [-0.2, 0) is 4.79 Å². The van der Waals surface area contributed by atoms with Crippen LogP contribution in [0, 0.1) is 11.3 Å². The second kappa shape index (κ2) is 6.36. The molecule has 1 aliphatic heterocycles. The van der Waals surface area contributed by atoms with Crippen molar-refractivity contribution in [2.24, 2.45) is 22.8 Å².